The number of aryl methyl sites for hydroxylation is 1. The van der Waals surface area contributed by atoms with Gasteiger partial charge in [-0.25, -0.2) is 9.67 Å². The number of hydrogen-bond acceptors (Lipinski definition) is 7. The Kier molecular flexibility index (Phi) is 6.08. The third kappa shape index (κ3) is 4.58. The molecule has 2 aromatic rings. The maximum Gasteiger partial charge on any atom is 0.267 e. The Hall–Kier alpha value is -2.48. The quantitative estimate of drug-likeness (QED) is 0.798. The number of aliphatic hydroxyl groups excluding tert-OH is 1. The van der Waals surface area contributed by atoms with Crippen molar-refractivity contribution in [1.82, 2.24) is 19.7 Å². The van der Waals surface area contributed by atoms with Crippen LogP contribution in [0.4, 0.5) is 11.6 Å². The molecule has 0 radical (unpaired) electrons. The van der Waals surface area contributed by atoms with Gasteiger partial charge in [0, 0.05) is 31.4 Å². The third-order valence-corrected chi connectivity index (χ3v) is 6.01. The molecule has 1 aliphatic heterocycles. The van der Waals surface area contributed by atoms with E-state index < -0.39 is 6.10 Å². The van der Waals surface area contributed by atoms with E-state index in [0.29, 0.717) is 0 Å². The van der Waals surface area contributed by atoms with Crippen LogP contribution in [-0.2, 0) is 0 Å². The summed E-state index contributed by atoms with van der Waals surface area (Å²) in [6.45, 7) is 3.58. The summed E-state index contributed by atoms with van der Waals surface area (Å²) >= 11 is 0. The van der Waals surface area contributed by atoms with E-state index in [0.717, 1.165) is 68.9 Å². The second-order valence-electron chi connectivity index (χ2n) is 8.16. The van der Waals surface area contributed by atoms with E-state index in [4.69, 9.17) is 5.10 Å². The van der Waals surface area contributed by atoms with Crippen molar-refractivity contribution >= 4 is 11.6 Å². The van der Waals surface area contributed by atoms with E-state index in [1.165, 1.54) is 11.1 Å². The van der Waals surface area contributed by atoms with Crippen LogP contribution in [0.25, 0.3) is 0 Å². The SMILES string of the molecule is Cc1cncc(NCC2CCCCN2c2ccc(=O)n(C3CCCCC3O)n2)n1. The van der Waals surface area contributed by atoms with Gasteiger partial charge in [-0.1, -0.05) is 12.8 Å². The molecule has 2 N–H and O–H groups in total. The molecule has 1 saturated carbocycles. The molecule has 4 rings (SSSR count). The minimum Gasteiger partial charge on any atom is -0.391 e. The Morgan fingerprint density at radius 1 is 1.14 bits per heavy atom. The van der Waals surface area contributed by atoms with Gasteiger partial charge in [0.1, 0.15) is 11.6 Å². The molecule has 0 aromatic carbocycles. The lowest BCUT2D eigenvalue weighted by Crippen LogP contribution is -2.45. The van der Waals surface area contributed by atoms with E-state index in [1.807, 2.05) is 13.0 Å². The minimum absolute atomic E-state index is 0.138. The number of nitrogens with one attached hydrogen (secondary N) is 1. The average molecular weight is 399 g/mol. The number of piperidine rings is 1. The molecule has 1 aliphatic carbocycles. The van der Waals surface area contributed by atoms with E-state index in [1.54, 1.807) is 18.5 Å². The second kappa shape index (κ2) is 8.90. The largest absolute Gasteiger partial charge is 0.391 e. The fourth-order valence-corrected chi connectivity index (χ4v) is 4.47. The number of rotatable bonds is 5. The van der Waals surface area contributed by atoms with Gasteiger partial charge in [-0.15, -0.1) is 0 Å². The molecule has 2 aromatic heterocycles. The highest BCUT2D eigenvalue weighted by Gasteiger charge is 2.28. The lowest BCUT2D eigenvalue weighted by molar-refractivity contribution is 0.0669. The van der Waals surface area contributed by atoms with Gasteiger partial charge in [0.15, 0.2) is 0 Å². The Bertz CT molecular complexity index is 885. The van der Waals surface area contributed by atoms with E-state index in [9.17, 15) is 9.90 Å². The van der Waals surface area contributed by atoms with Gasteiger partial charge in [0.05, 0.1) is 24.0 Å². The normalized spacial score (nSPS) is 25.0. The van der Waals surface area contributed by atoms with Crippen LogP contribution in [0.15, 0.2) is 29.3 Å². The van der Waals surface area contributed by atoms with Crippen molar-refractivity contribution in [3.05, 3.63) is 40.6 Å². The lowest BCUT2D eigenvalue weighted by atomic mass is 9.93. The molecule has 3 heterocycles. The van der Waals surface area contributed by atoms with E-state index in [2.05, 4.69) is 20.2 Å². The van der Waals surface area contributed by atoms with Crippen LogP contribution in [0.1, 0.15) is 56.7 Å². The zero-order valence-corrected chi connectivity index (χ0v) is 17.0. The average Bonchev–Trinajstić information content (AvgIpc) is 2.74. The lowest BCUT2D eigenvalue weighted by Gasteiger charge is -2.37. The summed E-state index contributed by atoms with van der Waals surface area (Å²) in [5, 5.41) is 18.5. The second-order valence-corrected chi connectivity index (χ2v) is 8.16. The van der Waals surface area contributed by atoms with Crippen molar-refractivity contribution in [2.75, 3.05) is 23.3 Å². The summed E-state index contributed by atoms with van der Waals surface area (Å²) in [5.74, 6) is 1.59. The third-order valence-electron chi connectivity index (χ3n) is 6.01. The molecule has 3 atom stereocenters. The Morgan fingerprint density at radius 3 is 2.79 bits per heavy atom. The van der Waals surface area contributed by atoms with Gasteiger partial charge in [-0.05, 0) is 45.1 Å². The van der Waals surface area contributed by atoms with Gasteiger partial charge in [0.2, 0.25) is 0 Å². The number of aliphatic hydroxyl groups is 1. The maximum absolute atomic E-state index is 12.5. The predicted octanol–water partition coefficient (Wildman–Crippen LogP) is 2.29. The fourth-order valence-electron chi connectivity index (χ4n) is 4.47. The standard InChI is InChI=1S/C21H30N6O2/c1-15-12-22-14-19(24-15)23-13-16-6-4-5-11-26(16)20-9-10-21(29)27(25-20)17-7-2-3-8-18(17)28/h9-10,12,14,16-18,28H,2-8,11,13H2,1H3,(H,23,24). The summed E-state index contributed by atoms with van der Waals surface area (Å²) in [5.41, 5.74) is 0.747. The van der Waals surface area contributed by atoms with E-state index in [-0.39, 0.29) is 17.6 Å². The van der Waals surface area contributed by atoms with Crippen LogP contribution in [0.5, 0.6) is 0 Å². The fraction of sp³-hybridized carbons (Fsp3) is 0.619. The molecule has 8 nitrogen and oxygen atoms in total. The number of hydrogen-bond donors (Lipinski definition) is 2. The first-order valence-corrected chi connectivity index (χ1v) is 10.7. The van der Waals surface area contributed by atoms with Crippen molar-refractivity contribution < 1.29 is 5.11 Å². The molecule has 2 aliphatic rings. The molecule has 2 fully saturated rings. The van der Waals surface area contributed by atoms with Crippen LogP contribution in [-0.4, -0.2) is 50.1 Å². The molecule has 156 valence electrons. The topological polar surface area (TPSA) is 96.2 Å². The Morgan fingerprint density at radius 2 is 1.97 bits per heavy atom. The molecule has 29 heavy (non-hydrogen) atoms. The van der Waals surface area contributed by atoms with Gasteiger partial charge >= 0.3 is 0 Å². The molecular weight excluding hydrogens is 368 g/mol. The highest BCUT2D eigenvalue weighted by atomic mass is 16.3. The summed E-state index contributed by atoms with van der Waals surface area (Å²) in [6, 6.07) is 3.45. The van der Waals surface area contributed by atoms with Crippen molar-refractivity contribution in [2.24, 2.45) is 0 Å². The summed E-state index contributed by atoms with van der Waals surface area (Å²) in [4.78, 5) is 23.4. The first kappa shape index (κ1) is 19.8. The van der Waals surface area contributed by atoms with Crippen LogP contribution in [0.3, 0.4) is 0 Å². The number of nitrogens with zero attached hydrogens (tertiary/aromatic N) is 5. The number of anilines is 2. The molecule has 1 saturated heterocycles. The van der Waals surface area contributed by atoms with Crippen molar-refractivity contribution in [3.63, 3.8) is 0 Å². The number of aromatic nitrogens is 4. The monoisotopic (exact) mass is 398 g/mol. The molecule has 8 heteroatoms. The molecule has 0 bridgehead atoms. The van der Waals surface area contributed by atoms with Crippen LogP contribution < -0.4 is 15.8 Å². The highest BCUT2D eigenvalue weighted by molar-refractivity contribution is 5.40. The van der Waals surface area contributed by atoms with Crippen molar-refractivity contribution in [3.8, 4) is 0 Å². The Labute approximate surface area is 171 Å². The van der Waals surface area contributed by atoms with Gasteiger partial charge < -0.3 is 15.3 Å². The predicted molar refractivity (Wildman–Crippen MR) is 112 cm³/mol. The first-order valence-electron chi connectivity index (χ1n) is 10.7. The summed E-state index contributed by atoms with van der Waals surface area (Å²) in [6.07, 6.45) is 9.87. The minimum atomic E-state index is -0.497. The molecule has 0 amide bonds. The van der Waals surface area contributed by atoms with E-state index >= 15 is 0 Å². The first-order chi connectivity index (χ1) is 14.1. The Balaban J connectivity index is 1.53. The zero-order valence-electron chi connectivity index (χ0n) is 17.0. The van der Waals surface area contributed by atoms with Gasteiger partial charge in [0.25, 0.3) is 5.56 Å². The highest BCUT2D eigenvalue weighted by Crippen LogP contribution is 2.28. The van der Waals surface area contributed by atoms with Crippen LogP contribution >= 0.6 is 0 Å². The van der Waals surface area contributed by atoms with Gasteiger partial charge in [-0.3, -0.25) is 9.78 Å². The maximum atomic E-state index is 12.5. The van der Waals surface area contributed by atoms with Crippen LogP contribution in [0.2, 0.25) is 0 Å². The smallest absolute Gasteiger partial charge is 0.267 e. The van der Waals surface area contributed by atoms with Crippen LogP contribution in [0, 0.1) is 6.92 Å². The van der Waals surface area contributed by atoms with Crippen molar-refractivity contribution in [1.29, 1.82) is 0 Å². The van der Waals surface area contributed by atoms with Crippen molar-refractivity contribution in [2.45, 2.75) is 70.1 Å². The molecular formula is C21H30N6O2. The molecule has 0 spiro atoms. The summed E-state index contributed by atoms with van der Waals surface area (Å²) in [7, 11) is 0. The molecule has 3 unspecified atom stereocenters. The summed E-state index contributed by atoms with van der Waals surface area (Å²) < 4.78 is 1.52. The zero-order chi connectivity index (χ0) is 20.2. The van der Waals surface area contributed by atoms with Gasteiger partial charge in [-0.2, -0.15) is 5.10 Å².